The van der Waals surface area contributed by atoms with Crippen LogP contribution in [0.4, 0.5) is 11.4 Å². The molecule has 0 saturated heterocycles. The molecular formula is C25H19BrClN3O3. The molecule has 0 aliphatic heterocycles. The molecule has 0 bridgehead atoms. The van der Waals surface area contributed by atoms with Crippen LogP contribution >= 0.6 is 27.5 Å². The standard InChI is InChI=1S/C25H19BrClN3O3/c1-16-4-2-6-20(10-16)29-24(31)15-33-23-9-8-17(12-22(23)26)11-18(14-28)25(32)30-21-7-3-5-19(27)13-21/h2-13H,15H2,1H3,(H,29,31)(H,30,32)/b18-11+. The van der Waals surface area contributed by atoms with Crippen LogP contribution < -0.4 is 15.4 Å². The molecule has 0 aliphatic rings. The zero-order chi connectivity index (χ0) is 23.8. The minimum absolute atomic E-state index is 0.0759. The van der Waals surface area contributed by atoms with Crippen LogP contribution in [0.2, 0.25) is 5.02 Å². The number of aryl methyl sites for hydroxylation is 1. The van der Waals surface area contributed by atoms with Gasteiger partial charge in [0.2, 0.25) is 0 Å². The molecule has 0 radical (unpaired) electrons. The van der Waals surface area contributed by atoms with Crippen LogP contribution in [-0.4, -0.2) is 18.4 Å². The van der Waals surface area contributed by atoms with Crippen molar-refractivity contribution in [3.8, 4) is 11.8 Å². The van der Waals surface area contributed by atoms with Crippen LogP contribution in [0.25, 0.3) is 6.08 Å². The van der Waals surface area contributed by atoms with Gasteiger partial charge in [-0.2, -0.15) is 5.26 Å². The number of benzene rings is 3. The second kappa shape index (κ2) is 11.3. The number of carbonyl (C=O) groups is 2. The summed E-state index contributed by atoms with van der Waals surface area (Å²) in [6.07, 6.45) is 1.46. The van der Waals surface area contributed by atoms with Crippen molar-refractivity contribution in [2.45, 2.75) is 6.92 Å². The maximum Gasteiger partial charge on any atom is 0.266 e. The van der Waals surface area contributed by atoms with E-state index in [1.807, 2.05) is 31.2 Å². The van der Waals surface area contributed by atoms with Crippen LogP contribution in [-0.2, 0) is 9.59 Å². The molecule has 3 aromatic carbocycles. The van der Waals surface area contributed by atoms with Gasteiger partial charge in [-0.05, 0) is 82.5 Å². The van der Waals surface area contributed by atoms with Gasteiger partial charge in [0.1, 0.15) is 17.4 Å². The molecule has 3 rings (SSSR count). The van der Waals surface area contributed by atoms with Gasteiger partial charge in [-0.3, -0.25) is 9.59 Å². The third-order valence-electron chi connectivity index (χ3n) is 4.38. The van der Waals surface area contributed by atoms with Crippen molar-refractivity contribution in [2.75, 3.05) is 17.2 Å². The molecule has 0 fully saturated rings. The first-order chi connectivity index (χ1) is 15.8. The van der Waals surface area contributed by atoms with E-state index in [0.717, 1.165) is 5.56 Å². The number of nitrogens with zero attached hydrogens (tertiary/aromatic N) is 1. The summed E-state index contributed by atoms with van der Waals surface area (Å²) in [5.74, 6) is -0.390. The zero-order valence-corrected chi connectivity index (χ0v) is 19.9. The Hall–Kier alpha value is -3.60. The van der Waals surface area contributed by atoms with E-state index in [1.165, 1.54) is 6.08 Å². The molecule has 166 valence electrons. The number of nitrogens with one attached hydrogen (secondary N) is 2. The van der Waals surface area contributed by atoms with Crippen molar-refractivity contribution < 1.29 is 14.3 Å². The van der Waals surface area contributed by atoms with Gasteiger partial charge in [0.05, 0.1) is 4.47 Å². The van der Waals surface area contributed by atoms with Gasteiger partial charge in [0, 0.05) is 16.4 Å². The number of halogens is 2. The molecule has 0 atom stereocenters. The summed E-state index contributed by atoms with van der Waals surface area (Å²) in [6, 6.07) is 21.1. The van der Waals surface area contributed by atoms with E-state index in [4.69, 9.17) is 16.3 Å². The first kappa shape index (κ1) is 24.1. The van der Waals surface area contributed by atoms with Crippen molar-refractivity contribution in [1.82, 2.24) is 0 Å². The lowest BCUT2D eigenvalue weighted by atomic mass is 10.1. The van der Waals surface area contributed by atoms with Crippen molar-refractivity contribution >= 4 is 56.8 Å². The van der Waals surface area contributed by atoms with E-state index < -0.39 is 5.91 Å². The van der Waals surface area contributed by atoms with Crippen LogP contribution in [0, 0.1) is 18.3 Å². The Morgan fingerprint density at radius 2 is 1.79 bits per heavy atom. The maximum absolute atomic E-state index is 12.4. The number of hydrogen-bond acceptors (Lipinski definition) is 4. The lowest BCUT2D eigenvalue weighted by Gasteiger charge is -2.10. The molecule has 0 spiro atoms. The van der Waals surface area contributed by atoms with Gasteiger partial charge >= 0.3 is 0 Å². The Morgan fingerprint density at radius 1 is 1.06 bits per heavy atom. The first-order valence-electron chi connectivity index (χ1n) is 9.81. The molecule has 0 unspecified atom stereocenters. The highest BCUT2D eigenvalue weighted by molar-refractivity contribution is 9.10. The largest absolute Gasteiger partial charge is 0.483 e. The van der Waals surface area contributed by atoms with Gasteiger partial charge in [0.15, 0.2) is 6.61 Å². The SMILES string of the molecule is Cc1cccc(NC(=O)COc2ccc(/C=C(\C#N)C(=O)Nc3cccc(Cl)c3)cc2Br)c1. The highest BCUT2D eigenvalue weighted by Gasteiger charge is 2.11. The van der Waals surface area contributed by atoms with Crippen LogP contribution in [0.1, 0.15) is 11.1 Å². The van der Waals surface area contributed by atoms with Crippen molar-refractivity contribution in [1.29, 1.82) is 5.26 Å². The lowest BCUT2D eigenvalue weighted by Crippen LogP contribution is -2.20. The second-order valence-corrected chi connectivity index (χ2v) is 8.32. The minimum Gasteiger partial charge on any atom is -0.483 e. The molecule has 0 aliphatic carbocycles. The average molecular weight is 525 g/mol. The Kier molecular flexibility index (Phi) is 8.25. The van der Waals surface area contributed by atoms with Crippen LogP contribution in [0.5, 0.6) is 5.75 Å². The summed E-state index contributed by atoms with van der Waals surface area (Å²) < 4.78 is 6.16. The molecule has 2 amide bonds. The topological polar surface area (TPSA) is 91.2 Å². The highest BCUT2D eigenvalue weighted by Crippen LogP contribution is 2.27. The van der Waals surface area contributed by atoms with Gasteiger partial charge in [-0.15, -0.1) is 0 Å². The van der Waals surface area contributed by atoms with Crippen LogP contribution in [0.15, 0.2) is 76.8 Å². The Balaban J connectivity index is 1.63. The molecule has 0 aromatic heterocycles. The third-order valence-corrected chi connectivity index (χ3v) is 5.23. The number of ether oxygens (including phenoxy) is 1. The van der Waals surface area contributed by atoms with Crippen molar-refractivity contribution in [3.05, 3.63) is 92.9 Å². The summed E-state index contributed by atoms with van der Waals surface area (Å²) in [5.41, 5.74) is 2.76. The van der Waals surface area contributed by atoms with Gasteiger partial charge in [-0.25, -0.2) is 0 Å². The monoisotopic (exact) mass is 523 g/mol. The minimum atomic E-state index is -0.552. The number of amides is 2. The fourth-order valence-electron chi connectivity index (χ4n) is 2.87. The molecule has 6 nitrogen and oxygen atoms in total. The van der Waals surface area contributed by atoms with Crippen LogP contribution in [0.3, 0.4) is 0 Å². The van der Waals surface area contributed by atoms with Crippen molar-refractivity contribution in [2.24, 2.45) is 0 Å². The Labute approximate surface area is 205 Å². The third kappa shape index (κ3) is 7.21. The Morgan fingerprint density at radius 3 is 2.45 bits per heavy atom. The summed E-state index contributed by atoms with van der Waals surface area (Å²) in [4.78, 5) is 24.6. The predicted octanol–water partition coefficient (Wildman–Crippen LogP) is 5.97. The summed E-state index contributed by atoms with van der Waals surface area (Å²) in [6.45, 7) is 1.77. The van der Waals surface area contributed by atoms with Gasteiger partial charge in [-0.1, -0.05) is 35.9 Å². The Bertz CT molecular complexity index is 1270. The average Bonchev–Trinajstić information content (AvgIpc) is 2.77. The molecule has 3 aromatic rings. The zero-order valence-electron chi connectivity index (χ0n) is 17.6. The molecule has 0 heterocycles. The van der Waals surface area contributed by atoms with Gasteiger partial charge in [0.25, 0.3) is 11.8 Å². The molecule has 0 saturated carbocycles. The first-order valence-corrected chi connectivity index (χ1v) is 11.0. The van der Waals surface area contributed by atoms with E-state index >= 15 is 0 Å². The van der Waals surface area contributed by atoms with Crippen molar-refractivity contribution in [3.63, 3.8) is 0 Å². The van der Waals surface area contributed by atoms with E-state index in [1.54, 1.807) is 48.5 Å². The number of rotatable bonds is 7. The van der Waals surface area contributed by atoms with E-state index in [9.17, 15) is 14.9 Å². The summed E-state index contributed by atoms with van der Waals surface area (Å²) in [5, 5.41) is 15.3. The summed E-state index contributed by atoms with van der Waals surface area (Å²) in [7, 11) is 0. The molecule has 2 N–H and O–H groups in total. The molecule has 8 heteroatoms. The summed E-state index contributed by atoms with van der Waals surface area (Å²) >= 11 is 9.32. The molecule has 33 heavy (non-hydrogen) atoms. The normalized spacial score (nSPS) is 10.8. The smallest absolute Gasteiger partial charge is 0.266 e. The number of nitriles is 1. The fraction of sp³-hybridized carbons (Fsp3) is 0.0800. The number of anilines is 2. The lowest BCUT2D eigenvalue weighted by molar-refractivity contribution is -0.118. The second-order valence-electron chi connectivity index (χ2n) is 7.03. The van der Waals surface area contributed by atoms with E-state index in [-0.39, 0.29) is 18.1 Å². The maximum atomic E-state index is 12.4. The van der Waals surface area contributed by atoms with E-state index in [2.05, 4.69) is 26.6 Å². The predicted molar refractivity (Wildman–Crippen MR) is 133 cm³/mol. The highest BCUT2D eigenvalue weighted by atomic mass is 79.9. The molecular weight excluding hydrogens is 506 g/mol. The fourth-order valence-corrected chi connectivity index (χ4v) is 3.57. The quantitative estimate of drug-likeness (QED) is 0.294. The number of hydrogen-bond donors (Lipinski definition) is 2. The van der Waals surface area contributed by atoms with Gasteiger partial charge < -0.3 is 15.4 Å². The number of carbonyl (C=O) groups excluding carboxylic acids is 2. The van der Waals surface area contributed by atoms with E-state index in [0.29, 0.717) is 32.2 Å².